The van der Waals surface area contributed by atoms with Gasteiger partial charge in [-0.1, -0.05) is 11.6 Å². The van der Waals surface area contributed by atoms with Crippen molar-refractivity contribution in [3.63, 3.8) is 0 Å². The Morgan fingerprint density at radius 3 is 2.53 bits per heavy atom. The normalized spacial score (nSPS) is 9.53. The quantitative estimate of drug-likeness (QED) is 0.761. The van der Waals surface area contributed by atoms with Crippen LogP contribution in [-0.4, -0.2) is 11.8 Å². The number of amides is 2. The molecule has 4 nitrogen and oxygen atoms in total. The number of nitrogens with one attached hydrogen (secondary N) is 2. The summed E-state index contributed by atoms with van der Waals surface area (Å²) in [6.07, 6.45) is 0. The van der Waals surface area contributed by atoms with Crippen LogP contribution in [0, 0.1) is 6.92 Å². The second kappa shape index (κ2) is 4.93. The predicted octanol–water partition coefficient (Wildman–Crippen LogP) is 1.54. The predicted molar refractivity (Wildman–Crippen MR) is 60.2 cm³/mol. The van der Waals surface area contributed by atoms with E-state index in [1.807, 2.05) is 13.0 Å². The summed E-state index contributed by atoms with van der Waals surface area (Å²) in [6, 6.07) is 5.42. The molecule has 2 amide bonds. The first-order valence-corrected chi connectivity index (χ1v) is 5.13. The molecule has 0 heterocycles. The number of benzene rings is 1. The molecule has 5 heteroatoms. The zero-order valence-corrected chi connectivity index (χ0v) is 10.0. The lowest BCUT2D eigenvalue weighted by molar-refractivity contribution is -0.119. The van der Waals surface area contributed by atoms with Gasteiger partial charge in [-0.15, -0.1) is 0 Å². The van der Waals surface area contributed by atoms with Gasteiger partial charge >= 0.3 is 0 Å². The zero-order valence-electron chi connectivity index (χ0n) is 8.43. The van der Waals surface area contributed by atoms with Crippen LogP contribution in [0.25, 0.3) is 0 Å². The summed E-state index contributed by atoms with van der Waals surface area (Å²) in [7, 11) is 0. The van der Waals surface area contributed by atoms with Crippen molar-refractivity contribution in [3.8, 4) is 0 Å². The fourth-order valence-corrected chi connectivity index (χ4v) is 1.45. The minimum Gasteiger partial charge on any atom is -0.274 e. The fraction of sp³-hybridized carbons (Fsp3) is 0.200. The first kappa shape index (κ1) is 11.7. The molecule has 0 spiro atoms. The maximum atomic E-state index is 11.6. The van der Waals surface area contributed by atoms with Crippen LogP contribution in [0.4, 0.5) is 0 Å². The Balaban J connectivity index is 2.81. The van der Waals surface area contributed by atoms with Crippen LogP contribution in [0.15, 0.2) is 22.7 Å². The van der Waals surface area contributed by atoms with Gasteiger partial charge in [0.15, 0.2) is 0 Å². The molecule has 0 unspecified atom stereocenters. The van der Waals surface area contributed by atoms with Crippen LogP contribution in [0.3, 0.4) is 0 Å². The third kappa shape index (κ3) is 3.36. The average molecular weight is 271 g/mol. The molecule has 0 aliphatic carbocycles. The molecule has 0 bridgehead atoms. The third-order valence-corrected chi connectivity index (χ3v) is 2.41. The Kier molecular flexibility index (Phi) is 3.85. The molecule has 0 radical (unpaired) electrons. The molecule has 80 valence electrons. The Hall–Kier alpha value is -1.36. The first-order valence-electron chi connectivity index (χ1n) is 4.34. The van der Waals surface area contributed by atoms with Gasteiger partial charge in [-0.25, -0.2) is 0 Å². The van der Waals surface area contributed by atoms with E-state index < -0.39 is 0 Å². The van der Waals surface area contributed by atoms with Crippen LogP contribution in [0.5, 0.6) is 0 Å². The molecule has 1 rings (SSSR count). The molecule has 0 aromatic heterocycles. The monoisotopic (exact) mass is 270 g/mol. The summed E-state index contributed by atoms with van der Waals surface area (Å²) in [4.78, 5) is 22.2. The van der Waals surface area contributed by atoms with E-state index in [0.29, 0.717) is 10.0 Å². The number of hydrazine groups is 1. The van der Waals surface area contributed by atoms with E-state index in [1.165, 1.54) is 6.92 Å². The lowest BCUT2D eigenvalue weighted by Crippen LogP contribution is -2.40. The van der Waals surface area contributed by atoms with Crippen molar-refractivity contribution in [2.45, 2.75) is 13.8 Å². The Labute approximate surface area is 96.2 Å². The van der Waals surface area contributed by atoms with E-state index in [4.69, 9.17) is 0 Å². The minimum atomic E-state index is -0.347. The van der Waals surface area contributed by atoms with Gasteiger partial charge in [0.25, 0.3) is 5.91 Å². The van der Waals surface area contributed by atoms with Crippen molar-refractivity contribution in [1.82, 2.24) is 10.9 Å². The lowest BCUT2D eigenvalue weighted by Gasteiger charge is -2.07. The summed E-state index contributed by atoms with van der Waals surface area (Å²) >= 11 is 3.26. The molecule has 2 N–H and O–H groups in total. The van der Waals surface area contributed by atoms with E-state index in [2.05, 4.69) is 26.8 Å². The number of hydrogen-bond donors (Lipinski definition) is 2. The molecule has 0 saturated heterocycles. The van der Waals surface area contributed by atoms with Gasteiger partial charge in [-0.05, 0) is 35.0 Å². The van der Waals surface area contributed by atoms with Crippen molar-refractivity contribution in [2.75, 3.05) is 0 Å². The minimum absolute atomic E-state index is 0.313. The van der Waals surface area contributed by atoms with E-state index in [0.717, 1.165) is 5.56 Å². The summed E-state index contributed by atoms with van der Waals surface area (Å²) in [5, 5.41) is 0. The highest BCUT2D eigenvalue weighted by Crippen LogP contribution is 2.17. The highest BCUT2D eigenvalue weighted by molar-refractivity contribution is 9.10. The second-order valence-electron chi connectivity index (χ2n) is 3.12. The van der Waals surface area contributed by atoms with Crippen molar-refractivity contribution in [3.05, 3.63) is 33.8 Å². The van der Waals surface area contributed by atoms with E-state index >= 15 is 0 Å². The Morgan fingerprint density at radius 2 is 1.93 bits per heavy atom. The molecule has 0 atom stereocenters. The first-order chi connectivity index (χ1) is 7.00. The third-order valence-electron chi connectivity index (χ3n) is 1.72. The molecule has 0 aliphatic heterocycles. The molecule has 1 aromatic rings. The smallest absolute Gasteiger partial charge is 0.270 e. The van der Waals surface area contributed by atoms with Crippen LogP contribution >= 0.6 is 15.9 Å². The van der Waals surface area contributed by atoms with Gasteiger partial charge in [-0.3, -0.25) is 20.4 Å². The van der Waals surface area contributed by atoms with Gasteiger partial charge in [0, 0.05) is 11.4 Å². The van der Waals surface area contributed by atoms with Gasteiger partial charge < -0.3 is 0 Å². The molecule has 15 heavy (non-hydrogen) atoms. The molecule has 0 fully saturated rings. The van der Waals surface area contributed by atoms with Gasteiger partial charge in [-0.2, -0.15) is 0 Å². The van der Waals surface area contributed by atoms with E-state index in [1.54, 1.807) is 12.1 Å². The topological polar surface area (TPSA) is 58.2 Å². The molecule has 0 saturated carbocycles. The summed E-state index contributed by atoms with van der Waals surface area (Å²) < 4.78 is 0.691. The van der Waals surface area contributed by atoms with Crippen molar-refractivity contribution >= 4 is 27.7 Å². The van der Waals surface area contributed by atoms with Crippen LogP contribution in [0.2, 0.25) is 0 Å². The molecular weight excluding hydrogens is 260 g/mol. The van der Waals surface area contributed by atoms with Crippen molar-refractivity contribution in [1.29, 1.82) is 0 Å². The summed E-state index contributed by atoms with van der Waals surface area (Å²) in [6.45, 7) is 3.22. The second-order valence-corrected chi connectivity index (χ2v) is 3.97. The zero-order chi connectivity index (χ0) is 11.4. The van der Waals surface area contributed by atoms with Crippen LogP contribution in [-0.2, 0) is 4.79 Å². The highest BCUT2D eigenvalue weighted by atomic mass is 79.9. The molecule has 1 aromatic carbocycles. The summed E-state index contributed by atoms with van der Waals surface area (Å²) in [5.41, 5.74) is 6.00. The number of aryl methyl sites for hydroxylation is 1. The number of carbonyl (C=O) groups is 2. The van der Waals surface area contributed by atoms with Gasteiger partial charge in [0.05, 0.1) is 5.56 Å². The van der Waals surface area contributed by atoms with Crippen LogP contribution < -0.4 is 10.9 Å². The van der Waals surface area contributed by atoms with Crippen molar-refractivity contribution < 1.29 is 9.59 Å². The molecular formula is C10H11BrN2O2. The fourth-order valence-electron chi connectivity index (χ4n) is 1.03. The van der Waals surface area contributed by atoms with Gasteiger partial charge in [0.1, 0.15) is 0 Å². The van der Waals surface area contributed by atoms with E-state index in [-0.39, 0.29) is 11.8 Å². The Morgan fingerprint density at radius 1 is 1.27 bits per heavy atom. The lowest BCUT2D eigenvalue weighted by atomic mass is 10.1. The highest BCUT2D eigenvalue weighted by Gasteiger charge is 2.09. The average Bonchev–Trinajstić information content (AvgIpc) is 2.18. The number of rotatable bonds is 1. The van der Waals surface area contributed by atoms with Crippen molar-refractivity contribution in [2.24, 2.45) is 0 Å². The largest absolute Gasteiger partial charge is 0.274 e. The van der Waals surface area contributed by atoms with E-state index in [9.17, 15) is 9.59 Å². The maximum Gasteiger partial charge on any atom is 0.270 e. The maximum absolute atomic E-state index is 11.6. The van der Waals surface area contributed by atoms with Crippen LogP contribution in [0.1, 0.15) is 22.8 Å². The number of carbonyl (C=O) groups excluding carboxylic acids is 2. The Bertz CT molecular complexity index is 404. The SMILES string of the molecule is CC(=O)NNC(=O)c1cc(C)ccc1Br. The molecule has 0 aliphatic rings. The number of halogens is 1. The number of hydrogen-bond acceptors (Lipinski definition) is 2. The summed E-state index contributed by atoms with van der Waals surface area (Å²) in [5.74, 6) is -0.659. The standard InChI is InChI=1S/C10H11BrN2O2/c1-6-3-4-9(11)8(5-6)10(15)13-12-7(2)14/h3-5H,1-2H3,(H,12,14)(H,13,15). The van der Waals surface area contributed by atoms with Gasteiger partial charge in [0.2, 0.25) is 5.91 Å².